The fourth-order valence-corrected chi connectivity index (χ4v) is 3.54. The van der Waals surface area contributed by atoms with E-state index in [1.807, 2.05) is 48.5 Å². The molecular weight excluding hydrogens is 324 g/mol. The highest BCUT2D eigenvalue weighted by atomic mass is 16.5. The standard InChI is InChI=1S/C22H28N2O2/c1-16(2)24-14-6-7-18(15-24)22(25)23-21-9-5-4-8-20(21)17-10-12-19(26-3)13-11-17/h4-5,8-13,16,18H,6-7,14-15H2,1-3H3,(H,23,25)/t18-/m0/s1. The van der Waals surface area contributed by atoms with Gasteiger partial charge in [-0.1, -0.05) is 30.3 Å². The number of amides is 1. The van der Waals surface area contributed by atoms with Crippen molar-refractivity contribution in [3.05, 3.63) is 48.5 Å². The lowest BCUT2D eigenvalue weighted by molar-refractivity contribution is -0.121. The minimum Gasteiger partial charge on any atom is -0.497 e. The fourth-order valence-electron chi connectivity index (χ4n) is 3.54. The van der Waals surface area contributed by atoms with Gasteiger partial charge in [0.25, 0.3) is 0 Å². The van der Waals surface area contributed by atoms with Gasteiger partial charge in [-0.25, -0.2) is 0 Å². The smallest absolute Gasteiger partial charge is 0.228 e. The summed E-state index contributed by atoms with van der Waals surface area (Å²) in [7, 11) is 1.66. The van der Waals surface area contributed by atoms with E-state index in [0.717, 1.165) is 48.5 Å². The van der Waals surface area contributed by atoms with Crippen molar-refractivity contribution >= 4 is 11.6 Å². The first-order chi connectivity index (χ1) is 12.6. The third kappa shape index (κ3) is 4.25. The van der Waals surface area contributed by atoms with Crippen LogP contribution in [-0.4, -0.2) is 37.0 Å². The molecule has 0 bridgehead atoms. The van der Waals surface area contributed by atoms with Crippen LogP contribution in [0.1, 0.15) is 26.7 Å². The first-order valence-corrected chi connectivity index (χ1v) is 9.37. The Hall–Kier alpha value is -2.33. The number of carbonyl (C=O) groups is 1. The van der Waals surface area contributed by atoms with Crippen LogP contribution < -0.4 is 10.1 Å². The number of carbonyl (C=O) groups excluding carboxylic acids is 1. The third-order valence-corrected chi connectivity index (χ3v) is 5.14. The van der Waals surface area contributed by atoms with Crippen molar-refractivity contribution in [2.24, 2.45) is 5.92 Å². The van der Waals surface area contributed by atoms with Crippen LogP contribution >= 0.6 is 0 Å². The molecule has 0 saturated carbocycles. The number of hydrogen-bond acceptors (Lipinski definition) is 3. The van der Waals surface area contributed by atoms with Gasteiger partial charge in [-0.3, -0.25) is 4.79 Å². The number of benzene rings is 2. The first-order valence-electron chi connectivity index (χ1n) is 9.37. The topological polar surface area (TPSA) is 41.6 Å². The molecular formula is C22H28N2O2. The molecule has 1 N–H and O–H groups in total. The SMILES string of the molecule is COc1ccc(-c2ccccc2NC(=O)[C@H]2CCCN(C(C)C)C2)cc1. The molecule has 2 aromatic carbocycles. The van der Waals surface area contributed by atoms with E-state index >= 15 is 0 Å². The average molecular weight is 352 g/mol. The van der Waals surface area contributed by atoms with Crippen molar-refractivity contribution in [3.63, 3.8) is 0 Å². The van der Waals surface area contributed by atoms with Crippen molar-refractivity contribution in [3.8, 4) is 16.9 Å². The van der Waals surface area contributed by atoms with Crippen molar-refractivity contribution in [1.82, 2.24) is 4.90 Å². The molecule has 3 rings (SSSR count). The minimum atomic E-state index is 0.0510. The number of rotatable bonds is 5. The highest BCUT2D eigenvalue weighted by molar-refractivity contribution is 5.97. The third-order valence-electron chi connectivity index (χ3n) is 5.14. The summed E-state index contributed by atoms with van der Waals surface area (Å²) in [5.41, 5.74) is 2.96. The largest absolute Gasteiger partial charge is 0.497 e. The van der Waals surface area contributed by atoms with Crippen LogP contribution in [0.4, 0.5) is 5.69 Å². The Balaban J connectivity index is 1.76. The maximum atomic E-state index is 12.9. The van der Waals surface area contributed by atoms with Gasteiger partial charge in [0.2, 0.25) is 5.91 Å². The summed E-state index contributed by atoms with van der Waals surface area (Å²) < 4.78 is 5.23. The van der Waals surface area contributed by atoms with E-state index in [-0.39, 0.29) is 11.8 Å². The molecule has 0 spiro atoms. The second-order valence-corrected chi connectivity index (χ2v) is 7.19. The lowest BCUT2D eigenvalue weighted by atomic mass is 9.95. The molecule has 138 valence electrons. The van der Waals surface area contributed by atoms with Crippen LogP contribution in [0.2, 0.25) is 0 Å². The molecule has 1 aliphatic rings. The number of para-hydroxylation sites is 1. The van der Waals surface area contributed by atoms with Crippen molar-refractivity contribution < 1.29 is 9.53 Å². The molecule has 1 atom stereocenters. The molecule has 1 heterocycles. The lowest BCUT2D eigenvalue weighted by Gasteiger charge is -2.34. The van der Waals surface area contributed by atoms with Gasteiger partial charge in [0, 0.05) is 23.8 Å². The molecule has 0 aliphatic carbocycles. The van der Waals surface area contributed by atoms with E-state index in [9.17, 15) is 4.79 Å². The number of likely N-dealkylation sites (tertiary alicyclic amines) is 1. The predicted octanol–water partition coefficient (Wildman–Crippen LogP) is 4.42. The molecule has 4 nitrogen and oxygen atoms in total. The molecule has 1 saturated heterocycles. The van der Waals surface area contributed by atoms with E-state index in [1.54, 1.807) is 7.11 Å². The van der Waals surface area contributed by atoms with Crippen LogP contribution in [0.3, 0.4) is 0 Å². The van der Waals surface area contributed by atoms with Crippen LogP contribution in [0.15, 0.2) is 48.5 Å². The van der Waals surface area contributed by atoms with Crippen molar-refractivity contribution in [1.29, 1.82) is 0 Å². The van der Waals surface area contributed by atoms with Crippen LogP contribution in [0, 0.1) is 5.92 Å². The molecule has 1 aliphatic heterocycles. The molecule has 0 unspecified atom stereocenters. The summed E-state index contributed by atoms with van der Waals surface area (Å²) in [5.74, 6) is 0.998. The Morgan fingerprint density at radius 3 is 2.58 bits per heavy atom. The van der Waals surface area contributed by atoms with Crippen LogP contribution in [0.5, 0.6) is 5.75 Å². The summed E-state index contributed by atoms with van der Waals surface area (Å²) in [5, 5.41) is 3.17. The average Bonchev–Trinajstić information content (AvgIpc) is 2.68. The molecule has 26 heavy (non-hydrogen) atoms. The Morgan fingerprint density at radius 2 is 1.88 bits per heavy atom. The normalized spacial score (nSPS) is 17.9. The zero-order valence-electron chi connectivity index (χ0n) is 15.9. The van der Waals surface area contributed by atoms with Gasteiger partial charge < -0.3 is 15.0 Å². The summed E-state index contributed by atoms with van der Waals surface area (Å²) >= 11 is 0. The van der Waals surface area contributed by atoms with Gasteiger partial charge in [0.05, 0.1) is 13.0 Å². The quantitative estimate of drug-likeness (QED) is 0.866. The molecule has 0 radical (unpaired) electrons. The second-order valence-electron chi connectivity index (χ2n) is 7.19. The Bertz CT molecular complexity index is 740. The number of methoxy groups -OCH3 is 1. The number of ether oxygens (including phenoxy) is 1. The number of anilines is 1. The Kier molecular flexibility index (Phi) is 5.94. The fraction of sp³-hybridized carbons (Fsp3) is 0.409. The first kappa shape index (κ1) is 18.5. The van der Waals surface area contributed by atoms with Crippen molar-refractivity contribution in [2.45, 2.75) is 32.7 Å². The van der Waals surface area contributed by atoms with Gasteiger partial charge >= 0.3 is 0 Å². The van der Waals surface area contributed by atoms with Crippen LogP contribution in [-0.2, 0) is 4.79 Å². The van der Waals surface area contributed by atoms with E-state index in [2.05, 4.69) is 24.1 Å². The van der Waals surface area contributed by atoms with E-state index in [0.29, 0.717) is 6.04 Å². The molecule has 0 aromatic heterocycles. The van der Waals surface area contributed by atoms with E-state index < -0.39 is 0 Å². The molecule has 2 aromatic rings. The summed E-state index contributed by atoms with van der Waals surface area (Å²) in [4.78, 5) is 15.3. The predicted molar refractivity (Wildman–Crippen MR) is 106 cm³/mol. The second kappa shape index (κ2) is 8.37. The van der Waals surface area contributed by atoms with Gasteiger partial charge in [-0.15, -0.1) is 0 Å². The number of piperidine rings is 1. The van der Waals surface area contributed by atoms with E-state index in [4.69, 9.17) is 4.74 Å². The Morgan fingerprint density at radius 1 is 1.15 bits per heavy atom. The highest BCUT2D eigenvalue weighted by Crippen LogP contribution is 2.30. The van der Waals surface area contributed by atoms with Gasteiger partial charge in [0.15, 0.2) is 0 Å². The van der Waals surface area contributed by atoms with Crippen molar-refractivity contribution in [2.75, 3.05) is 25.5 Å². The number of nitrogens with zero attached hydrogens (tertiary/aromatic N) is 1. The maximum absolute atomic E-state index is 12.9. The maximum Gasteiger partial charge on any atom is 0.228 e. The Labute approximate surface area is 156 Å². The number of nitrogens with one attached hydrogen (secondary N) is 1. The molecule has 1 amide bonds. The van der Waals surface area contributed by atoms with Gasteiger partial charge in [0.1, 0.15) is 5.75 Å². The molecule has 1 fully saturated rings. The minimum absolute atomic E-state index is 0.0510. The van der Waals surface area contributed by atoms with Crippen LogP contribution in [0.25, 0.3) is 11.1 Å². The summed E-state index contributed by atoms with van der Waals surface area (Å²) in [6, 6.07) is 16.4. The number of hydrogen-bond donors (Lipinski definition) is 1. The van der Waals surface area contributed by atoms with E-state index in [1.165, 1.54) is 0 Å². The summed E-state index contributed by atoms with van der Waals surface area (Å²) in [6.07, 6.45) is 2.04. The van der Waals surface area contributed by atoms with Gasteiger partial charge in [-0.2, -0.15) is 0 Å². The summed E-state index contributed by atoms with van der Waals surface area (Å²) in [6.45, 7) is 6.32. The van der Waals surface area contributed by atoms with Gasteiger partial charge in [-0.05, 0) is 57.0 Å². The zero-order valence-corrected chi connectivity index (χ0v) is 15.9. The molecule has 4 heteroatoms. The monoisotopic (exact) mass is 352 g/mol. The zero-order chi connectivity index (χ0) is 18.5. The highest BCUT2D eigenvalue weighted by Gasteiger charge is 2.27. The lowest BCUT2D eigenvalue weighted by Crippen LogP contribution is -2.43.